The Hall–Kier alpha value is -2.54. The van der Waals surface area contributed by atoms with E-state index in [-0.39, 0.29) is 5.91 Å². The zero-order valence-electron chi connectivity index (χ0n) is 14.7. The fourth-order valence-corrected chi connectivity index (χ4v) is 4.25. The molecule has 0 saturated carbocycles. The standard InChI is InChI=1S/C21H14ClNO3S2/c1-25-16-7-5-15(6-8-16)23-20(24)19(28-21(23)27)12-17-9-10-18(26-17)13-3-2-4-14(22)11-13/h2-12H,1H3. The van der Waals surface area contributed by atoms with Gasteiger partial charge in [0.25, 0.3) is 5.91 Å². The van der Waals surface area contributed by atoms with Crippen molar-refractivity contribution in [3.8, 4) is 17.1 Å². The number of halogens is 1. The maximum Gasteiger partial charge on any atom is 0.270 e. The van der Waals surface area contributed by atoms with Crippen LogP contribution in [0.5, 0.6) is 5.75 Å². The number of nitrogens with zero attached hydrogens (tertiary/aromatic N) is 1. The summed E-state index contributed by atoms with van der Waals surface area (Å²) in [4.78, 5) is 14.9. The summed E-state index contributed by atoms with van der Waals surface area (Å²) in [6.45, 7) is 0. The molecule has 0 aliphatic carbocycles. The molecule has 0 N–H and O–H groups in total. The average molecular weight is 428 g/mol. The van der Waals surface area contributed by atoms with Crippen LogP contribution in [0.1, 0.15) is 5.76 Å². The van der Waals surface area contributed by atoms with Crippen LogP contribution in [0, 0.1) is 0 Å². The first-order valence-corrected chi connectivity index (χ1v) is 9.93. The topological polar surface area (TPSA) is 42.7 Å². The molecule has 0 unspecified atom stereocenters. The van der Waals surface area contributed by atoms with Crippen molar-refractivity contribution in [1.29, 1.82) is 0 Å². The SMILES string of the molecule is COc1ccc(N2C(=O)C(=Cc3ccc(-c4cccc(Cl)c4)o3)SC2=S)cc1. The number of carbonyl (C=O) groups is 1. The molecule has 0 spiro atoms. The summed E-state index contributed by atoms with van der Waals surface area (Å²) in [5.41, 5.74) is 1.57. The van der Waals surface area contributed by atoms with E-state index in [2.05, 4.69) is 0 Å². The largest absolute Gasteiger partial charge is 0.497 e. The van der Waals surface area contributed by atoms with Gasteiger partial charge in [-0.2, -0.15) is 0 Å². The van der Waals surface area contributed by atoms with E-state index in [0.717, 1.165) is 5.56 Å². The molecule has 2 aromatic carbocycles. The third-order valence-corrected chi connectivity index (χ3v) is 5.67. The summed E-state index contributed by atoms with van der Waals surface area (Å²) in [5.74, 6) is 1.79. The van der Waals surface area contributed by atoms with Crippen LogP contribution in [-0.4, -0.2) is 17.3 Å². The van der Waals surface area contributed by atoms with E-state index in [9.17, 15) is 4.79 Å². The molecular weight excluding hydrogens is 414 g/mol. The smallest absolute Gasteiger partial charge is 0.270 e. The summed E-state index contributed by atoms with van der Waals surface area (Å²) in [5, 5.41) is 0.635. The first-order valence-electron chi connectivity index (χ1n) is 8.33. The van der Waals surface area contributed by atoms with E-state index < -0.39 is 0 Å². The zero-order chi connectivity index (χ0) is 19.7. The average Bonchev–Trinajstić information content (AvgIpc) is 3.27. The fourth-order valence-electron chi connectivity index (χ4n) is 2.78. The first kappa shape index (κ1) is 18.8. The Bertz CT molecular complexity index is 1090. The van der Waals surface area contributed by atoms with Crippen LogP contribution in [0.4, 0.5) is 5.69 Å². The van der Waals surface area contributed by atoms with Gasteiger partial charge in [0.05, 0.1) is 17.7 Å². The molecule has 1 aliphatic heterocycles. The molecule has 1 aliphatic rings. The Balaban J connectivity index is 1.59. The Labute approximate surface area is 176 Å². The van der Waals surface area contributed by atoms with Crippen molar-refractivity contribution < 1.29 is 13.9 Å². The fraction of sp³-hybridized carbons (Fsp3) is 0.0476. The number of furan rings is 1. The minimum Gasteiger partial charge on any atom is -0.497 e. The molecular formula is C21H14ClNO3S2. The minimum absolute atomic E-state index is 0.180. The molecule has 4 rings (SSSR count). The Morgan fingerprint density at radius 1 is 1.14 bits per heavy atom. The van der Waals surface area contributed by atoms with Gasteiger partial charge >= 0.3 is 0 Å². The quantitative estimate of drug-likeness (QED) is 0.376. The monoisotopic (exact) mass is 427 g/mol. The van der Waals surface area contributed by atoms with Gasteiger partial charge in [-0.15, -0.1) is 0 Å². The van der Waals surface area contributed by atoms with Crippen LogP contribution in [0.15, 0.2) is 70.0 Å². The molecule has 0 radical (unpaired) electrons. The predicted octanol–water partition coefficient (Wildman–Crippen LogP) is 6.01. The molecule has 1 aromatic heterocycles. The molecule has 4 nitrogen and oxygen atoms in total. The lowest BCUT2D eigenvalue weighted by Gasteiger charge is -2.14. The second-order valence-electron chi connectivity index (χ2n) is 5.93. The number of benzene rings is 2. The predicted molar refractivity (Wildman–Crippen MR) is 118 cm³/mol. The van der Waals surface area contributed by atoms with E-state index >= 15 is 0 Å². The summed E-state index contributed by atoms with van der Waals surface area (Å²) in [7, 11) is 1.60. The minimum atomic E-state index is -0.180. The number of amides is 1. The Morgan fingerprint density at radius 3 is 2.64 bits per heavy atom. The number of carbonyl (C=O) groups excluding carboxylic acids is 1. The van der Waals surface area contributed by atoms with Crippen molar-refractivity contribution in [3.05, 3.63) is 76.4 Å². The normalized spacial score (nSPS) is 15.5. The number of anilines is 1. The molecule has 7 heteroatoms. The highest BCUT2D eigenvalue weighted by atomic mass is 35.5. The lowest BCUT2D eigenvalue weighted by atomic mass is 10.2. The second kappa shape index (κ2) is 7.83. The molecule has 1 amide bonds. The summed E-state index contributed by atoms with van der Waals surface area (Å²) >= 11 is 12.7. The van der Waals surface area contributed by atoms with Gasteiger partial charge in [0.15, 0.2) is 4.32 Å². The van der Waals surface area contributed by atoms with Gasteiger partial charge in [-0.3, -0.25) is 9.69 Å². The van der Waals surface area contributed by atoms with Gasteiger partial charge in [0.2, 0.25) is 0 Å². The number of thioether (sulfide) groups is 1. The van der Waals surface area contributed by atoms with Gasteiger partial charge in [0, 0.05) is 16.7 Å². The summed E-state index contributed by atoms with van der Waals surface area (Å²) < 4.78 is 11.5. The van der Waals surface area contributed by atoms with E-state index in [1.807, 2.05) is 30.3 Å². The van der Waals surface area contributed by atoms with Crippen LogP contribution < -0.4 is 9.64 Å². The summed E-state index contributed by atoms with van der Waals surface area (Å²) in [6.07, 6.45) is 1.71. The van der Waals surface area contributed by atoms with E-state index in [1.165, 1.54) is 16.7 Å². The first-order chi connectivity index (χ1) is 13.5. The molecule has 28 heavy (non-hydrogen) atoms. The number of hydrogen-bond acceptors (Lipinski definition) is 5. The van der Waals surface area contributed by atoms with E-state index in [1.54, 1.807) is 43.5 Å². The van der Waals surface area contributed by atoms with Crippen LogP contribution in [0.25, 0.3) is 17.4 Å². The van der Waals surface area contributed by atoms with Crippen LogP contribution in [0.3, 0.4) is 0 Å². The molecule has 3 aromatic rings. The third-order valence-electron chi connectivity index (χ3n) is 4.13. The van der Waals surface area contributed by atoms with Crippen molar-refractivity contribution in [2.75, 3.05) is 12.0 Å². The van der Waals surface area contributed by atoms with Crippen LogP contribution in [-0.2, 0) is 4.79 Å². The molecule has 1 fully saturated rings. The number of rotatable bonds is 4. The van der Waals surface area contributed by atoms with E-state index in [4.69, 9.17) is 33.0 Å². The highest BCUT2D eigenvalue weighted by molar-refractivity contribution is 8.27. The number of methoxy groups -OCH3 is 1. The molecule has 0 atom stereocenters. The number of thiocarbonyl (C=S) groups is 1. The lowest BCUT2D eigenvalue weighted by Crippen LogP contribution is -2.27. The molecule has 0 bridgehead atoms. The van der Waals surface area contributed by atoms with Crippen molar-refractivity contribution in [2.24, 2.45) is 0 Å². The lowest BCUT2D eigenvalue weighted by molar-refractivity contribution is -0.113. The highest BCUT2D eigenvalue weighted by Crippen LogP contribution is 2.37. The van der Waals surface area contributed by atoms with Crippen LogP contribution >= 0.6 is 35.6 Å². The maximum absolute atomic E-state index is 12.9. The molecule has 2 heterocycles. The summed E-state index contributed by atoms with van der Waals surface area (Å²) in [6, 6.07) is 18.3. The van der Waals surface area contributed by atoms with Crippen molar-refractivity contribution in [3.63, 3.8) is 0 Å². The number of ether oxygens (including phenoxy) is 1. The second-order valence-corrected chi connectivity index (χ2v) is 8.04. The van der Waals surface area contributed by atoms with Gasteiger partial charge in [-0.05, 0) is 48.5 Å². The molecule has 1 saturated heterocycles. The van der Waals surface area contributed by atoms with Crippen molar-refractivity contribution in [2.45, 2.75) is 0 Å². The zero-order valence-corrected chi connectivity index (χ0v) is 17.1. The Morgan fingerprint density at radius 2 is 1.93 bits per heavy atom. The Kier molecular flexibility index (Phi) is 5.26. The molecule has 140 valence electrons. The van der Waals surface area contributed by atoms with Gasteiger partial charge in [0.1, 0.15) is 17.3 Å². The highest BCUT2D eigenvalue weighted by Gasteiger charge is 2.33. The third kappa shape index (κ3) is 3.71. The van der Waals surface area contributed by atoms with Gasteiger partial charge < -0.3 is 9.15 Å². The number of hydrogen-bond donors (Lipinski definition) is 0. The van der Waals surface area contributed by atoms with Crippen molar-refractivity contribution in [1.82, 2.24) is 0 Å². The van der Waals surface area contributed by atoms with Gasteiger partial charge in [-0.25, -0.2) is 0 Å². The van der Waals surface area contributed by atoms with Crippen molar-refractivity contribution >= 4 is 57.6 Å². The van der Waals surface area contributed by atoms with Crippen LogP contribution in [0.2, 0.25) is 5.02 Å². The van der Waals surface area contributed by atoms with E-state index in [0.29, 0.717) is 37.2 Å². The maximum atomic E-state index is 12.9. The van der Waals surface area contributed by atoms with Gasteiger partial charge in [-0.1, -0.05) is 47.7 Å².